The van der Waals surface area contributed by atoms with E-state index in [4.69, 9.17) is 4.74 Å². The van der Waals surface area contributed by atoms with E-state index in [0.717, 1.165) is 17.7 Å². The molecule has 0 aliphatic rings. The molecule has 5 aromatic carbocycles. The fourth-order valence-electron chi connectivity index (χ4n) is 5.62. The summed E-state index contributed by atoms with van der Waals surface area (Å²) in [6.07, 6.45) is -4.48. The second kappa shape index (κ2) is 15.6. The summed E-state index contributed by atoms with van der Waals surface area (Å²) >= 11 is 0. The molecule has 53 heavy (non-hydrogen) atoms. The van der Waals surface area contributed by atoms with E-state index in [9.17, 15) is 32.3 Å². The molecule has 0 spiro atoms. The lowest BCUT2D eigenvalue weighted by molar-refractivity contribution is -0.137. The van der Waals surface area contributed by atoms with Gasteiger partial charge in [-0.1, -0.05) is 72.8 Å². The van der Waals surface area contributed by atoms with Gasteiger partial charge >= 0.3 is 12.1 Å². The normalized spacial score (nSPS) is 11.7. The molecule has 0 saturated carbocycles. The standard InChI is InChI=1S/C41H31F3N4O5/c1-53-40(52)28-13-11-25(12-14-28)24-45-39(51)36(27-7-3-2-4-8-27)48-37(49)30-17-21-34-29(23-30)18-22-35(46-34)47-38(50)33-10-6-5-9-32(33)26-15-19-31(20-16-26)41(42,43)44/h2-23,36H,24H2,1H3,(H,45,51)(H,48,49)(H,46,47,50)/t36-/m0/s1. The number of carbonyl (C=O) groups is 4. The molecule has 1 heterocycles. The predicted molar refractivity (Wildman–Crippen MR) is 193 cm³/mol. The first-order valence-corrected chi connectivity index (χ1v) is 16.3. The Morgan fingerprint density at radius 2 is 1.42 bits per heavy atom. The molecule has 0 radical (unpaired) electrons. The van der Waals surface area contributed by atoms with Crippen LogP contribution in [0.4, 0.5) is 19.0 Å². The number of hydrogen-bond acceptors (Lipinski definition) is 6. The number of hydrogen-bond donors (Lipinski definition) is 3. The van der Waals surface area contributed by atoms with Gasteiger partial charge in [-0.15, -0.1) is 0 Å². The van der Waals surface area contributed by atoms with Crippen LogP contribution in [0.5, 0.6) is 0 Å². The number of carbonyl (C=O) groups excluding carboxylic acids is 4. The summed E-state index contributed by atoms with van der Waals surface area (Å²) in [7, 11) is 1.29. The monoisotopic (exact) mass is 716 g/mol. The van der Waals surface area contributed by atoms with Crippen LogP contribution in [0, 0.1) is 0 Å². The van der Waals surface area contributed by atoms with Crippen LogP contribution in [0.15, 0.2) is 133 Å². The van der Waals surface area contributed by atoms with E-state index < -0.39 is 41.5 Å². The van der Waals surface area contributed by atoms with E-state index in [2.05, 4.69) is 20.9 Å². The molecular weight excluding hydrogens is 685 g/mol. The lowest BCUT2D eigenvalue weighted by Gasteiger charge is -2.19. The second-order valence-electron chi connectivity index (χ2n) is 11.9. The predicted octanol–water partition coefficient (Wildman–Crippen LogP) is 7.75. The summed E-state index contributed by atoms with van der Waals surface area (Å²) in [5, 5.41) is 9.01. The summed E-state index contributed by atoms with van der Waals surface area (Å²) in [6, 6.07) is 33.6. The van der Waals surface area contributed by atoms with E-state index >= 15 is 0 Å². The average Bonchev–Trinajstić information content (AvgIpc) is 3.18. The summed E-state index contributed by atoms with van der Waals surface area (Å²) in [4.78, 5) is 56.5. The first-order chi connectivity index (χ1) is 25.5. The van der Waals surface area contributed by atoms with Gasteiger partial charge in [0.05, 0.1) is 23.8 Å². The Bertz CT molecular complexity index is 2290. The number of rotatable bonds is 10. The molecule has 6 aromatic rings. The molecule has 0 aliphatic heterocycles. The summed E-state index contributed by atoms with van der Waals surface area (Å²) in [5.41, 5.74) is 2.79. The molecule has 12 heteroatoms. The topological polar surface area (TPSA) is 126 Å². The van der Waals surface area contributed by atoms with Crippen molar-refractivity contribution in [2.45, 2.75) is 18.8 Å². The number of aromatic nitrogens is 1. The van der Waals surface area contributed by atoms with Crippen molar-refractivity contribution in [1.29, 1.82) is 0 Å². The smallest absolute Gasteiger partial charge is 0.416 e. The molecule has 0 fully saturated rings. The Morgan fingerprint density at radius 1 is 0.736 bits per heavy atom. The number of esters is 1. The highest BCUT2D eigenvalue weighted by atomic mass is 19.4. The zero-order valence-electron chi connectivity index (χ0n) is 28.1. The van der Waals surface area contributed by atoms with Crippen LogP contribution in [0.1, 0.15) is 53.8 Å². The third kappa shape index (κ3) is 8.56. The van der Waals surface area contributed by atoms with Crippen molar-refractivity contribution >= 4 is 40.4 Å². The molecule has 0 saturated heterocycles. The number of ether oxygens (including phenoxy) is 1. The van der Waals surface area contributed by atoms with Gasteiger partial charge in [0.1, 0.15) is 11.9 Å². The van der Waals surface area contributed by atoms with E-state index in [1.807, 2.05) is 0 Å². The number of fused-ring (bicyclic) bond motifs is 1. The number of nitrogens with one attached hydrogen (secondary N) is 3. The maximum absolute atomic E-state index is 13.5. The van der Waals surface area contributed by atoms with E-state index in [1.54, 1.807) is 109 Å². The Morgan fingerprint density at radius 3 is 2.11 bits per heavy atom. The SMILES string of the molecule is COC(=O)c1ccc(CNC(=O)[C@@H](NC(=O)c2ccc3nc(NC(=O)c4ccccc4-c4ccc(C(F)(F)F)cc4)ccc3c2)c2ccccc2)cc1. The molecule has 9 nitrogen and oxygen atoms in total. The summed E-state index contributed by atoms with van der Waals surface area (Å²) in [6.45, 7) is 0.153. The Labute approximate surface area is 301 Å². The van der Waals surface area contributed by atoms with Gasteiger partial charge in [0.2, 0.25) is 5.91 Å². The maximum Gasteiger partial charge on any atom is 0.416 e. The first-order valence-electron chi connectivity index (χ1n) is 16.3. The van der Waals surface area contributed by atoms with Gasteiger partial charge in [-0.3, -0.25) is 14.4 Å². The molecule has 0 unspecified atom stereocenters. The van der Waals surface area contributed by atoms with Gasteiger partial charge in [0.15, 0.2) is 0 Å². The van der Waals surface area contributed by atoms with Gasteiger partial charge in [0.25, 0.3) is 11.8 Å². The van der Waals surface area contributed by atoms with Crippen LogP contribution in [0.25, 0.3) is 22.0 Å². The molecule has 1 aromatic heterocycles. The average molecular weight is 717 g/mol. The van der Waals surface area contributed by atoms with Gasteiger partial charge in [-0.25, -0.2) is 9.78 Å². The highest BCUT2D eigenvalue weighted by Crippen LogP contribution is 2.32. The van der Waals surface area contributed by atoms with E-state index in [0.29, 0.717) is 33.2 Å². The molecule has 1 atom stereocenters. The second-order valence-corrected chi connectivity index (χ2v) is 11.9. The number of nitrogens with zero attached hydrogens (tertiary/aromatic N) is 1. The van der Waals surface area contributed by atoms with Crippen molar-refractivity contribution in [3.8, 4) is 11.1 Å². The number of benzene rings is 5. The minimum Gasteiger partial charge on any atom is -0.465 e. The van der Waals surface area contributed by atoms with Crippen molar-refractivity contribution in [1.82, 2.24) is 15.6 Å². The van der Waals surface area contributed by atoms with Gasteiger partial charge < -0.3 is 20.7 Å². The highest BCUT2D eigenvalue weighted by Gasteiger charge is 2.30. The first kappa shape index (κ1) is 36.0. The number of anilines is 1. The van der Waals surface area contributed by atoms with Crippen molar-refractivity contribution in [2.24, 2.45) is 0 Å². The number of pyridine rings is 1. The fourth-order valence-corrected chi connectivity index (χ4v) is 5.62. The minimum absolute atomic E-state index is 0.153. The molecule has 266 valence electrons. The van der Waals surface area contributed by atoms with Crippen LogP contribution < -0.4 is 16.0 Å². The molecule has 3 amide bonds. The van der Waals surface area contributed by atoms with Gasteiger partial charge in [-0.2, -0.15) is 13.2 Å². The summed E-state index contributed by atoms with van der Waals surface area (Å²) < 4.78 is 44.0. The zero-order valence-corrected chi connectivity index (χ0v) is 28.1. The minimum atomic E-state index is -4.48. The molecule has 6 rings (SSSR count). The number of amides is 3. The Kier molecular flexibility index (Phi) is 10.6. The van der Waals surface area contributed by atoms with Gasteiger partial charge in [-0.05, 0) is 82.9 Å². The quantitative estimate of drug-likeness (QED) is 0.125. The van der Waals surface area contributed by atoms with Gasteiger partial charge in [0, 0.05) is 23.1 Å². The van der Waals surface area contributed by atoms with Crippen molar-refractivity contribution in [3.05, 3.63) is 167 Å². The fraction of sp³-hybridized carbons (Fsp3) is 0.0976. The third-order valence-electron chi connectivity index (χ3n) is 8.40. The van der Waals surface area contributed by atoms with Crippen LogP contribution in [-0.2, 0) is 22.3 Å². The Balaban J connectivity index is 1.15. The van der Waals surface area contributed by atoms with Crippen molar-refractivity contribution in [3.63, 3.8) is 0 Å². The number of halogens is 3. The lowest BCUT2D eigenvalue weighted by atomic mass is 9.98. The van der Waals surface area contributed by atoms with Crippen LogP contribution in [0.3, 0.4) is 0 Å². The third-order valence-corrected chi connectivity index (χ3v) is 8.40. The van der Waals surface area contributed by atoms with Crippen molar-refractivity contribution in [2.75, 3.05) is 12.4 Å². The van der Waals surface area contributed by atoms with Crippen LogP contribution in [0.2, 0.25) is 0 Å². The molecular formula is C41H31F3N4O5. The number of methoxy groups -OCH3 is 1. The Hall–Kier alpha value is -6.82. The number of alkyl halides is 3. The van der Waals surface area contributed by atoms with E-state index in [1.165, 1.54) is 19.2 Å². The zero-order chi connectivity index (χ0) is 37.5. The molecule has 3 N–H and O–H groups in total. The molecule has 0 aliphatic carbocycles. The highest BCUT2D eigenvalue weighted by molar-refractivity contribution is 6.09. The van der Waals surface area contributed by atoms with Crippen LogP contribution >= 0.6 is 0 Å². The largest absolute Gasteiger partial charge is 0.465 e. The molecule has 0 bridgehead atoms. The van der Waals surface area contributed by atoms with Crippen molar-refractivity contribution < 1.29 is 37.1 Å². The van der Waals surface area contributed by atoms with Crippen LogP contribution in [-0.4, -0.2) is 35.8 Å². The summed E-state index contributed by atoms with van der Waals surface area (Å²) in [5.74, 6) is -1.70. The lowest BCUT2D eigenvalue weighted by Crippen LogP contribution is -2.40. The van der Waals surface area contributed by atoms with E-state index in [-0.39, 0.29) is 23.5 Å². The maximum atomic E-state index is 13.5.